The number of nitrogens with zero attached hydrogens (tertiary/aromatic N) is 3. The molecule has 112 valence electrons. The lowest BCUT2D eigenvalue weighted by atomic mass is 10.00. The molecule has 1 aromatic heterocycles. The molecule has 1 aromatic rings. The van der Waals surface area contributed by atoms with Gasteiger partial charge in [0.2, 0.25) is 0 Å². The highest BCUT2D eigenvalue weighted by atomic mass is 19.3. The fourth-order valence-corrected chi connectivity index (χ4v) is 2.96. The van der Waals surface area contributed by atoms with E-state index >= 15 is 0 Å². The average molecular weight is 294 g/mol. The van der Waals surface area contributed by atoms with Crippen LogP contribution in [0.3, 0.4) is 0 Å². The molecule has 2 atom stereocenters. The Balaban J connectivity index is 2.10. The molecule has 3 rings (SSSR count). The minimum Gasteiger partial charge on any atom is -0.369 e. The summed E-state index contributed by atoms with van der Waals surface area (Å²) in [4.78, 5) is 21.4. The van der Waals surface area contributed by atoms with Crippen molar-refractivity contribution >= 4 is 17.4 Å². The molecule has 0 saturated carbocycles. The Kier molecular flexibility index (Phi) is 2.96. The first-order valence-corrected chi connectivity index (χ1v) is 6.88. The maximum Gasteiger partial charge on any atom is 0.270 e. The van der Waals surface area contributed by atoms with Crippen LogP contribution in [0.15, 0.2) is 17.3 Å². The second-order valence-corrected chi connectivity index (χ2v) is 5.44. The summed E-state index contributed by atoms with van der Waals surface area (Å²) in [5.74, 6) is -2.89. The maximum atomic E-state index is 14.0. The number of alkyl halides is 2. The van der Waals surface area contributed by atoms with Gasteiger partial charge in [-0.15, -0.1) is 0 Å². The average Bonchev–Trinajstić information content (AvgIpc) is 2.69. The number of ketones is 1. The highest BCUT2D eigenvalue weighted by molar-refractivity contribution is 5.95. The van der Waals surface area contributed by atoms with Crippen molar-refractivity contribution in [3.8, 4) is 0 Å². The zero-order chi connectivity index (χ0) is 15.4. The van der Waals surface area contributed by atoms with Crippen molar-refractivity contribution in [2.75, 3.05) is 0 Å². The van der Waals surface area contributed by atoms with E-state index in [1.165, 1.54) is 18.0 Å². The molecule has 3 heterocycles. The number of nitrogens with two attached hydrogens (primary N) is 1. The Hall–Kier alpha value is -2.05. The van der Waals surface area contributed by atoms with Gasteiger partial charge >= 0.3 is 0 Å². The number of hydrogen-bond acceptors (Lipinski definition) is 5. The molecule has 1 saturated heterocycles. The number of aromatic nitrogens is 1. The number of pyridine rings is 1. The molecule has 0 aromatic carbocycles. The van der Waals surface area contributed by atoms with E-state index in [9.17, 15) is 13.6 Å². The number of Topliss-reactive ketones (excluding diaryl/α,β-unsaturated/α-hetero) is 1. The number of halogens is 2. The normalized spacial score (nSPS) is 26.1. The first-order chi connectivity index (χ1) is 9.85. The quantitative estimate of drug-likeness (QED) is 0.850. The summed E-state index contributed by atoms with van der Waals surface area (Å²) >= 11 is 0. The molecular weight excluding hydrogens is 278 g/mol. The number of rotatable bonds is 2. The molecule has 21 heavy (non-hydrogen) atoms. The Labute approximate surface area is 120 Å². The van der Waals surface area contributed by atoms with E-state index in [4.69, 9.17) is 5.73 Å². The van der Waals surface area contributed by atoms with E-state index in [2.05, 4.69) is 9.98 Å². The van der Waals surface area contributed by atoms with Crippen molar-refractivity contribution in [3.05, 3.63) is 23.5 Å². The summed E-state index contributed by atoms with van der Waals surface area (Å²) in [6, 6.07) is -0.00472. The summed E-state index contributed by atoms with van der Waals surface area (Å²) in [6.45, 7) is 3.17. The van der Waals surface area contributed by atoms with Crippen LogP contribution in [-0.2, 0) is 0 Å². The van der Waals surface area contributed by atoms with E-state index in [1.54, 1.807) is 13.0 Å². The van der Waals surface area contributed by atoms with Crippen molar-refractivity contribution in [3.63, 3.8) is 0 Å². The fourth-order valence-electron chi connectivity index (χ4n) is 2.96. The van der Waals surface area contributed by atoms with Crippen LogP contribution in [0.5, 0.6) is 0 Å². The predicted molar refractivity (Wildman–Crippen MR) is 73.7 cm³/mol. The number of carbonyl (C=O) groups is 1. The summed E-state index contributed by atoms with van der Waals surface area (Å²) in [6.07, 6.45) is 1.42. The van der Waals surface area contributed by atoms with Crippen LogP contribution in [0.2, 0.25) is 0 Å². The number of carbonyl (C=O) groups excluding carboxylic acids is 1. The molecule has 0 aliphatic carbocycles. The molecule has 0 amide bonds. The van der Waals surface area contributed by atoms with Crippen LogP contribution in [-0.4, -0.2) is 33.6 Å². The van der Waals surface area contributed by atoms with Gasteiger partial charge in [0, 0.05) is 18.4 Å². The number of hydrogen-bond donors (Lipinski definition) is 1. The third-order valence-corrected chi connectivity index (χ3v) is 4.21. The Morgan fingerprint density at radius 2 is 2.29 bits per heavy atom. The second kappa shape index (κ2) is 4.47. The van der Waals surface area contributed by atoms with Crippen molar-refractivity contribution in [2.45, 2.75) is 44.7 Å². The maximum absolute atomic E-state index is 14.0. The summed E-state index contributed by atoms with van der Waals surface area (Å²) in [5, 5.41) is 0. The lowest BCUT2D eigenvalue weighted by molar-refractivity contribution is -0.0169. The van der Waals surface area contributed by atoms with Crippen molar-refractivity contribution in [1.82, 2.24) is 9.88 Å². The van der Waals surface area contributed by atoms with Crippen molar-refractivity contribution in [2.24, 2.45) is 10.7 Å². The monoisotopic (exact) mass is 294 g/mol. The summed E-state index contributed by atoms with van der Waals surface area (Å²) in [5.41, 5.74) is 7.17. The van der Waals surface area contributed by atoms with Gasteiger partial charge in [0.1, 0.15) is 5.69 Å². The second-order valence-electron chi connectivity index (χ2n) is 5.44. The van der Waals surface area contributed by atoms with Crippen LogP contribution in [0, 0.1) is 0 Å². The SMILES string of the molecule is CCC(=O)c1cc2c(cn1)N=C(N)N1C2CC(F)(F)C1C. The topological polar surface area (TPSA) is 71.6 Å². The number of fused-ring (bicyclic) bond motifs is 3. The molecular formula is C14H16F2N4O. The highest BCUT2D eigenvalue weighted by Gasteiger charge is 2.54. The molecule has 2 N–H and O–H groups in total. The molecule has 1 fully saturated rings. The molecule has 0 bridgehead atoms. The van der Waals surface area contributed by atoms with Crippen LogP contribution < -0.4 is 5.73 Å². The standard InChI is InChI=1S/C14H16F2N4O/c1-3-12(21)9-4-8-10(6-18-9)19-13(17)20-7(2)14(15,16)5-11(8)20/h4,6-7,11H,3,5H2,1-2H3,(H2,17,19). The lowest BCUT2D eigenvalue weighted by Gasteiger charge is -2.33. The largest absolute Gasteiger partial charge is 0.369 e. The van der Waals surface area contributed by atoms with Gasteiger partial charge in [-0.25, -0.2) is 13.8 Å². The van der Waals surface area contributed by atoms with E-state index in [1.807, 2.05) is 0 Å². The van der Waals surface area contributed by atoms with Gasteiger partial charge in [0.15, 0.2) is 11.7 Å². The van der Waals surface area contributed by atoms with Crippen LogP contribution in [0.4, 0.5) is 14.5 Å². The molecule has 7 heteroatoms. The van der Waals surface area contributed by atoms with Gasteiger partial charge in [0.05, 0.1) is 24.0 Å². The highest BCUT2D eigenvalue weighted by Crippen LogP contribution is 2.49. The molecule has 2 aliphatic rings. The zero-order valence-corrected chi connectivity index (χ0v) is 11.8. The first kappa shape index (κ1) is 13.9. The minimum atomic E-state index is -2.84. The lowest BCUT2D eigenvalue weighted by Crippen LogP contribution is -2.45. The Bertz CT molecular complexity index is 644. The van der Waals surface area contributed by atoms with Crippen LogP contribution in [0.25, 0.3) is 0 Å². The minimum absolute atomic E-state index is 0.0774. The molecule has 5 nitrogen and oxygen atoms in total. The van der Waals surface area contributed by atoms with Gasteiger partial charge < -0.3 is 10.6 Å². The molecule has 0 spiro atoms. The van der Waals surface area contributed by atoms with Gasteiger partial charge in [-0.2, -0.15) is 0 Å². The smallest absolute Gasteiger partial charge is 0.270 e. The summed E-state index contributed by atoms with van der Waals surface area (Å²) in [7, 11) is 0. The van der Waals surface area contributed by atoms with Gasteiger partial charge in [-0.3, -0.25) is 9.78 Å². The van der Waals surface area contributed by atoms with Crippen LogP contribution in [0.1, 0.15) is 48.8 Å². The van der Waals surface area contributed by atoms with Gasteiger partial charge in [-0.1, -0.05) is 6.92 Å². The third-order valence-electron chi connectivity index (χ3n) is 4.21. The number of aliphatic imine (C=N–C) groups is 1. The Morgan fingerprint density at radius 3 is 2.95 bits per heavy atom. The Morgan fingerprint density at radius 1 is 1.57 bits per heavy atom. The van der Waals surface area contributed by atoms with E-state index in [0.717, 1.165) is 0 Å². The van der Waals surface area contributed by atoms with Gasteiger partial charge in [0.25, 0.3) is 5.92 Å². The zero-order valence-electron chi connectivity index (χ0n) is 11.8. The van der Waals surface area contributed by atoms with Crippen molar-refractivity contribution in [1.29, 1.82) is 0 Å². The van der Waals surface area contributed by atoms with E-state index < -0.39 is 18.0 Å². The van der Waals surface area contributed by atoms with Gasteiger partial charge in [-0.05, 0) is 13.0 Å². The number of guanidine groups is 1. The fraction of sp³-hybridized carbons (Fsp3) is 0.500. The third kappa shape index (κ3) is 1.99. The van der Waals surface area contributed by atoms with Crippen molar-refractivity contribution < 1.29 is 13.6 Å². The predicted octanol–water partition coefficient (Wildman–Crippen LogP) is 2.40. The molecule has 2 aliphatic heterocycles. The van der Waals surface area contributed by atoms with E-state index in [0.29, 0.717) is 17.7 Å². The molecule has 0 radical (unpaired) electrons. The molecule has 2 unspecified atom stereocenters. The summed E-state index contributed by atoms with van der Waals surface area (Å²) < 4.78 is 28.0. The van der Waals surface area contributed by atoms with E-state index in [-0.39, 0.29) is 23.9 Å². The first-order valence-electron chi connectivity index (χ1n) is 6.88. The van der Waals surface area contributed by atoms with Crippen LogP contribution >= 0.6 is 0 Å².